The Hall–Kier alpha value is -6.55. The van der Waals surface area contributed by atoms with Crippen molar-refractivity contribution in [2.24, 2.45) is 0 Å². The summed E-state index contributed by atoms with van der Waals surface area (Å²) in [5, 5.41) is 11.7. The maximum absolute atomic E-state index is 13.1. The van der Waals surface area contributed by atoms with Gasteiger partial charge in [0.25, 0.3) is 11.8 Å². The summed E-state index contributed by atoms with van der Waals surface area (Å²) in [6, 6.07) is 28.3. The first kappa shape index (κ1) is 41.1. The number of esters is 1. The van der Waals surface area contributed by atoms with Crippen LogP contribution in [0, 0.1) is 0 Å². The first-order chi connectivity index (χ1) is 27.8. The van der Waals surface area contributed by atoms with Crippen molar-refractivity contribution in [3.8, 4) is 17.1 Å². The molecule has 0 radical (unpaired) electrons. The lowest BCUT2D eigenvalue weighted by atomic mass is 10.0. The van der Waals surface area contributed by atoms with Crippen molar-refractivity contribution in [3.05, 3.63) is 125 Å². The van der Waals surface area contributed by atoms with E-state index in [0.717, 1.165) is 23.8 Å². The maximum Gasteiger partial charge on any atom is 0.422 e. The third kappa shape index (κ3) is 11.3. The van der Waals surface area contributed by atoms with Crippen LogP contribution in [-0.4, -0.2) is 71.0 Å². The van der Waals surface area contributed by atoms with Gasteiger partial charge in [-0.25, -0.2) is 4.79 Å². The van der Waals surface area contributed by atoms with Crippen LogP contribution >= 0.6 is 11.6 Å². The van der Waals surface area contributed by atoms with Crippen molar-refractivity contribution in [1.29, 1.82) is 0 Å². The average molecular weight is 816 g/mol. The molecule has 1 aliphatic carbocycles. The predicted molar refractivity (Wildman–Crippen MR) is 209 cm³/mol. The highest BCUT2D eigenvalue weighted by Crippen LogP contribution is 2.48. The summed E-state index contributed by atoms with van der Waals surface area (Å²) < 4.78 is 48.6. The number of nitrogens with one attached hydrogen (secondary N) is 4. The zero-order chi connectivity index (χ0) is 41.3. The molecule has 17 heteroatoms. The standard InChI is InChI=1S/C41H37ClF3N7O6/c1-57-36(56)32(19-22-46-35(55)33(53)23-25-7-9-27(10-8-25)26-5-3-2-4-6-26)48-34(54)28-11-17-31(18-12-28)47-37-49-38(51-39(50-37)58-24-41(43,44)45)52-40(20-21-40)29-13-15-30(42)16-14-29/h2-18,32H,19-24H2,1H3,(H,46,55)(H,48,54)(H2,47,49,50,51,52)/t32-/m0/s1. The van der Waals surface area contributed by atoms with Crippen LogP contribution in [0.5, 0.6) is 6.01 Å². The third-order valence-electron chi connectivity index (χ3n) is 9.07. The minimum Gasteiger partial charge on any atom is -0.467 e. The van der Waals surface area contributed by atoms with Gasteiger partial charge >= 0.3 is 18.2 Å². The van der Waals surface area contributed by atoms with Gasteiger partial charge in [-0.2, -0.15) is 28.1 Å². The lowest BCUT2D eigenvalue weighted by molar-refractivity contribution is -0.154. The average Bonchev–Trinajstić information content (AvgIpc) is 4.00. The van der Waals surface area contributed by atoms with Gasteiger partial charge < -0.3 is 30.7 Å². The van der Waals surface area contributed by atoms with E-state index in [1.807, 2.05) is 54.6 Å². The highest BCUT2D eigenvalue weighted by atomic mass is 35.5. The number of carbonyl (C=O) groups excluding carboxylic acids is 4. The number of amides is 2. The molecule has 1 saturated carbocycles. The number of halogens is 4. The van der Waals surface area contributed by atoms with Crippen molar-refractivity contribution >= 4 is 52.8 Å². The van der Waals surface area contributed by atoms with Crippen LogP contribution in [0.2, 0.25) is 5.02 Å². The molecule has 1 aliphatic rings. The van der Waals surface area contributed by atoms with Crippen LogP contribution in [-0.2, 0) is 31.1 Å². The van der Waals surface area contributed by atoms with Crippen molar-refractivity contribution in [1.82, 2.24) is 25.6 Å². The second kappa shape index (κ2) is 18.1. The zero-order valence-corrected chi connectivity index (χ0v) is 31.7. The second-order valence-corrected chi connectivity index (χ2v) is 13.8. The maximum atomic E-state index is 13.1. The van der Waals surface area contributed by atoms with Crippen LogP contribution < -0.4 is 26.0 Å². The van der Waals surface area contributed by atoms with E-state index in [-0.39, 0.29) is 36.8 Å². The summed E-state index contributed by atoms with van der Waals surface area (Å²) in [6.07, 6.45) is -3.41. The summed E-state index contributed by atoms with van der Waals surface area (Å²) in [4.78, 5) is 63.2. The molecule has 6 rings (SSSR count). The summed E-state index contributed by atoms with van der Waals surface area (Å²) in [5.74, 6) is -3.07. The van der Waals surface area contributed by atoms with Gasteiger partial charge in [0.15, 0.2) is 6.61 Å². The fraction of sp³-hybridized carbons (Fsp3) is 0.244. The first-order valence-corrected chi connectivity index (χ1v) is 18.4. The molecule has 2 amide bonds. The molecule has 1 heterocycles. The molecule has 4 N–H and O–H groups in total. The van der Waals surface area contributed by atoms with E-state index in [9.17, 15) is 32.3 Å². The van der Waals surface area contributed by atoms with Crippen molar-refractivity contribution < 1.29 is 41.8 Å². The molecule has 0 saturated heterocycles. The van der Waals surface area contributed by atoms with E-state index >= 15 is 0 Å². The number of anilines is 3. The van der Waals surface area contributed by atoms with E-state index in [0.29, 0.717) is 29.1 Å². The van der Waals surface area contributed by atoms with Crippen LogP contribution in [0.1, 0.15) is 40.7 Å². The van der Waals surface area contributed by atoms with Gasteiger partial charge in [0.2, 0.25) is 17.7 Å². The molecule has 0 aliphatic heterocycles. The fourth-order valence-corrected chi connectivity index (χ4v) is 6.01. The van der Waals surface area contributed by atoms with Gasteiger partial charge in [0.1, 0.15) is 6.04 Å². The number of hydrogen-bond acceptors (Lipinski definition) is 11. The first-order valence-electron chi connectivity index (χ1n) is 18.0. The van der Waals surface area contributed by atoms with Gasteiger partial charge in [0.05, 0.1) is 12.6 Å². The van der Waals surface area contributed by atoms with Crippen LogP contribution in [0.15, 0.2) is 103 Å². The van der Waals surface area contributed by atoms with E-state index in [2.05, 4.69) is 36.2 Å². The normalized spacial score (nSPS) is 13.4. The molecule has 13 nitrogen and oxygen atoms in total. The number of hydrogen-bond donors (Lipinski definition) is 4. The molecule has 1 atom stereocenters. The number of rotatable bonds is 17. The molecule has 0 unspecified atom stereocenters. The quantitative estimate of drug-likeness (QED) is 0.0591. The molecule has 1 fully saturated rings. The smallest absolute Gasteiger partial charge is 0.422 e. The SMILES string of the molecule is COC(=O)[C@H](CCNC(=O)C(=O)Cc1ccc(-c2ccccc2)cc1)NC(=O)c1ccc(Nc2nc(NC3(c4ccc(Cl)cc4)CC3)nc(OCC(F)(F)F)n2)cc1. The lowest BCUT2D eigenvalue weighted by Gasteiger charge is -2.19. The van der Waals surface area contributed by atoms with Gasteiger partial charge in [-0.15, -0.1) is 0 Å². The van der Waals surface area contributed by atoms with Gasteiger partial charge in [-0.1, -0.05) is 78.3 Å². The third-order valence-corrected chi connectivity index (χ3v) is 9.32. The number of carbonyl (C=O) groups is 4. The van der Waals surface area contributed by atoms with Crippen molar-refractivity contribution in [2.45, 2.75) is 43.4 Å². The zero-order valence-electron chi connectivity index (χ0n) is 30.9. The number of alkyl halides is 3. The Balaban J connectivity index is 1.04. The molecule has 0 bridgehead atoms. The Morgan fingerprint density at radius 2 is 1.48 bits per heavy atom. The second-order valence-electron chi connectivity index (χ2n) is 13.3. The number of ketones is 1. The minimum atomic E-state index is -4.64. The van der Waals surface area contributed by atoms with E-state index in [1.54, 1.807) is 24.3 Å². The molecular weight excluding hydrogens is 779 g/mol. The van der Waals surface area contributed by atoms with Crippen LogP contribution in [0.25, 0.3) is 11.1 Å². The highest BCUT2D eigenvalue weighted by Gasteiger charge is 2.45. The Kier molecular flexibility index (Phi) is 12.9. The largest absolute Gasteiger partial charge is 0.467 e. The molecule has 0 spiro atoms. The monoisotopic (exact) mass is 815 g/mol. The van der Waals surface area contributed by atoms with Gasteiger partial charge in [-0.05, 0) is 77.9 Å². The number of nitrogens with zero attached hydrogens (tertiary/aromatic N) is 3. The summed E-state index contributed by atoms with van der Waals surface area (Å²) in [7, 11) is 1.15. The summed E-state index contributed by atoms with van der Waals surface area (Å²) in [6.45, 7) is -1.73. The van der Waals surface area contributed by atoms with E-state index in [4.69, 9.17) is 21.1 Å². The van der Waals surface area contributed by atoms with Crippen molar-refractivity contribution in [2.75, 3.05) is 30.9 Å². The Bertz CT molecular complexity index is 2240. The highest BCUT2D eigenvalue weighted by molar-refractivity contribution is 6.36. The molecule has 4 aromatic carbocycles. The van der Waals surface area contributed by atoms with Crippen LogP contribution in [0.4, 0.5) is 30.8 Å². The Labute approximate surface area is 335 Å². The number of Topliss-reactive ketones (excluding diaryl/α,β-unsaturated/α-hetero) is 1. The molecular formula is C41H37ClF3N7O6. The number of methoxy groups -OCH3 is 1. The van der Waals surface area contributed by atoms with Gasteiger partial charge in [-0.3, -0.25) is 14.4 Å². The minimum absolute atomic E-state index is 0.0265. The Morgan fingerprint density at radius 1 is 0.828 bits per heavy atom. The molecule has 1 aromatic heterocycles. The van der Waals surface area contributed by atoms with Crippen molar-refractivity contribution in [3.63, 3.8) is 0 Å². The van der Waals surface area contributed by atoms with E-state index < -0.39 is 53.9 Å². The molecule has 300 valence electrons. The number of benzene rings is 4. The number of ether oxygens (including phenoxy) is 2. The summed E-state index contributed by atoms with van der Waals surface area (Å²) in [5.41, 5.74) is 3.49. The Morgan fingerprint density at radius 3 is 2.12 bits per heavy atom. The lowest BCUT2D eigenvalue weighted by Crippen LogP contribution is -2.44. The van der Waals surface area contributed by atoms with E-state index in [1.165, 1.54) is 24.3 Å². The van der Waals surface area contributed by atoms with Crippen LogP contribution in [0.3, 0.4) is 0 Å². The summed E-state index contributed by atoms with van der Waals surface area (Å²) >= 11 is 6.04. The predicted octanol–water partition coefficient (Wildman–Crippen LogP) is 6.57. The molecule has 5 aromatic rings. The van der Waals surface area contributed by atoms with Gasteiger partial charge in [0, 0.05) is 29.2 Å². The molecule has 58 heavy (non-hydrogen) atoms. The fourth-order valence-electron chi connectivity index (χ4n) is 5.88. The number of aromatic nitrogens is 3. The topological polar surface area (TPSA) is 174 Å².